The van der Waals surface area contributed by atoms with Gasteiger partial charge in [0.05, 0.1) is 0 Å². The molecule has 1 aromatic rings. The average Bonchev–Trinajstić information content (AvgIpc) is 1.69. The normalized spacial score (nSPS) is 7.62. The Morgan fingerprint density at radius 2 is 2.25 bits per heavy atom. The summed E-state index contributed by atoms with van der Waals surface area (Å²) in [5.41, 5.74) is 1.27. The van der Waals surface area contributed by atoms with Crippen molar-refractivity contribution in [1.29, 1.82) is 0 Å². The van der Waals surface area contributed by atoms with Gasteiger partial charge in [-0.3, -0.25) is 0 Å². The summed E-state index contributed by atoms with van der Waals surface area (Å²) < 4.78 is 0. The van der Waals surface area contributed by atoms with E-state index in [9.17, 15) is 0 Å². The molecular formula is C7H7Rb. The van der Waals surface area contributed by atoms with Crippen LogP contribution >= 0.6 is 0 Å². The number of hydrogen-bond acceptors (Lipinski definition) is 0. The van der Waals surface area contributed by atoms with Crippen molar-refractivity contribution < 1.29 is 58.2 Å². The molecule has 8 heavy (non-hydrogen) atoms. The predicted molar refractivity (Wildman–Crippen MR) is 30.0 cm³/mol. The van der Waals surface area contributed by atoms with Gasteiger partial charge in [-0.2, -0.15) is 35.9 Å². The third kappa shape index (κ3) is 3.13. The molecule has 1 aromatic carbocycles. The number of benzene rings is 1. The predicted octanol–water partition coefficient (Wildman–Crippen LogP) is -1.20. The largest absolute Gasteiger partial charge is 1.00 e. The fourth-order valence-electron chi connectivity index (χ4n) is 0.483. The molecule has 0 aliphatic carbocycles. The monoisotopic (exact) mass is 176 g/mol. The van der Waals surface area contributed by atoms with Gasteiger partial charge in [0.25, 0.3) is 0 Å². The summed E-state index contributed by atoms with van der Waals surface area (Å²) in [6.07, 6.45) is 0. The van der Waals surface area contributed by atoms with Crippen LogP contribution in [0.15, 0.2) is 24.3 Å². The minimum absolute atomic E-state index is 0. The van der Waals surface area contributed by atoms with Gasteiger partial charge in [0.2, 0.25) is 0 Å². The van der Waals surface area contributed by atoms with Crippen LogP contribution in [0.2, 0.25) is 0 Å². The number of aryl methyl sites for hydroxylation is 1. The molecule has 0 atom stereocenters. The van der Waals surface area contributed by atoms with Crippen molar-refractivity contribution in [2.45, 2.75) is 6.92 Å². The van der Waals surface area contributed by atoms with Crippen LogP contribution in [0.3, 0.4) is 0 Å². The smallest absolute Gasteiger partial charge is 0.184 e. The Morgan fingerprint density at radius 3 is 2.50 bits per heavy atom. The molecule has 0 unspecified atom stereocenters. The Kier molecular flexibility index (Phi) is 5.49. The van der Waals surface area contributed by atoms with Gasteiger partial charge in [0.1, 0.15) is 0 Å². The zero-order chi connectivity index (χ0) is 5.11. The fraction of sp³-hybridized carbons (Fsp3) is 0.143. The molecule has 0 saturated heterocycles. The molecule has 0 N–H and O–H groups in total. The first kappa shape index (κ1) is 9.03. The van der Waals surface area contributed by atoms with E-state index in [0.717, 1.165) is 0 Å². The summed E-state index contributed by atoms with van der Waals surface area (Å²) in [6, 6.07) is 10.8. The van der Waals surface area contributed by atoms with E-state index in [1.54, 1.807) is 0 Å². The standard InChI is InChI=1S/C7H7.Rb/c1-7-5-3-2-4-6-7;/h2-3,5-6H,1H3;/q-1;+1. The molecule has 0 radical (unpaired) electrons. The summed E-state index contributed by atoms with van der Waals surface area (Å²) >= 11 is 0. The first-order valence-corrected chi connectivity index (χ1v) is 2.32. The minimum Gasteiger partial charge on any atom is -0.184 e. The van der Waals surface area contributed by atoms with Gasteiger partial charge >= 0.3 is 58.2 Å². The molecule has 1 heteroatoms. The molecule has 36 valence electrons. The van der Waals surface area contributed by atoms with E-state index in [-0.39, 0.29) is 58.2 Å². The van der Waals surface area contributed by atoms with Crippen molar-refractivity contribution in [2.75, 3.05) is 0 Å². The number of rotatable bonds is 0. The van der Waals surface area contributed by atoms with E-state index in [4.69, 9.17) is 0 Å². The van der Waals surface area contributed by atoms with Gasteiger partial charge in [-0.1, -0.05) is 6.92 Å². The van der Waals surface area contributed by atoms with E-state index >= 15 is 0 Å². The molecule has 0 bridgehead atoms. The summed E-state index contributed by atoms with van der Waals surface area (Å²) in [5.74, 6) is 0. The Balaban J connectivity index is 0.000000490. The molecule has 0 spiro atoms. The summed E-state index contributed by atoms with van der Waals surface area (Å²) in [4.78, 5) is 0. The molecule has 0 nitrogen and oxygen atoms in total. The third-order valence-corrected chi connectivity index (χ3v) is 0.863. The van der Waals surface area contributed by atoms with Crippen molar-refractivity contribution in [2.24, 2.45) is 0 Å². The van der Waals surface area contributed by atoms with E-state index in [0.29, 0.717) is 0 Å². The van der Waals surface area contributed by atoms with Gasteiger partial charge < -0.3 is 0 Å². The molecular weight excluding hydrogens is 170 g/mol. The van der Waals surface area contributed by atoms with Crippen LogP contribution in [0.5, 0.6) is 0 Å². The van der Waals surface area contributed by atoms with Gasteiger partial charge in [-0.25, -0.2) is 0 Å². The maximum absolute atomic E-state index is 2.96. The Labute approximate surface area is 99.1 Å². The number of hydrogen-bond donors (Lipinski definition) is 0. The maximum atomic E-state index is 2.96. The van der Waals surface area contributed by atoms with E-state index in [1.807, 2.05) is 18.2 Å². The summed E-state index contributed by atoms with van der Waals surface area (Å²) in [7, 11) is 0. The van der Waals surface area contributed by atoms with E-state index in [2.05, 4.69) is 19.1 Å². The van der Waals surface area contributed by atoms with Crippen molar-refractivity contribution in [1.82, 2.24) is 0 Å². The molecule has 0 heterocycles. The van der Waals surface area contributed by atoms with Crippen molar-refractivity contribution in [3.05, 3.63) is 35.9 Å². The van der Waals surface area contributed by atoms with E-state index < -0.39 is 0 Å². The van der Waals surface area contributed by atoms with Gasteiger partial charge in [0.15, 0.2) is 0 Å². The summed E-state index contributed by atoms with van der Waals surface area (Å²) in [5, 5.41) is 0. The van der Waals surface area contributed by atoms with Crippen LogP contribution < -0.4 is 58.2 Å². The van der Waals surface area contributed by atoms with Crippen molar-refractivity contribution in [3.63, 3.8) is 0 Å². The second-order valence-electron chi connectivity index (χ2n) is 1.58. The van der Waals surface area contributed by atoms with Crippen LogP contribution in [-0.4, -0.2) is 0 Å². The zero-order valence-electron chi connectivity index (χ0n) is 5.31. The van der Waals surface area contributed by atoms with Gasteiger partial charge in [-0.05, 0) is 0 Å². The first-order chi connectivity index (χ1) is 3.39. The van der Waals surface area contributed by atoms with Crippen LogP contribution in [0.4, 0.5) is 0 Å². The molecule has 0 fully saturated rings. The van der Waals surface area contributed by atoms with Crippen LogP contribution in [0.1, 0.15) is 5.56 Å². The Morgan fingerprint density at radius 1 is 1.50 bits per heavy atom. The quantitative estimate of drug-likeness (QED) is 0.436. The Hall–Kier alpha value is 1.03. The second-order valence-corrected chi connectivity index (χ2v) is 1.58. The molecule has 0 aliphatic rings. The molecule has 1 rings (SSSR count). The fourth-order valence-corrected chi connectivity index (χ4v) is 0.483. The molecule has 0 aromatic heterocycles. The topological polar surface area (TPSA) is 0 Å². The van der Waals surface area contributed by atoms with Crippen LogP contribution in [0.25, 0.3) is 0 Å². The second kappa shape index (κ2) is 4.86. The minimum atomic E-state index is 0. The zero-order valence-corrected chi connectivity index (χ0v) is 10.2. The molecule has 0 aliphatic heterocycles. The summed E-state index contributed by atoms with van der Waals surface area (Å²) in [6.45, 7) is 2.05. The van der Waals surface area contributed by atoms with Gasteiger partial charge in [0, 0.05) is 0 Å². The third-order valence-electron chi connectivity index (χ3n) is 0.863. The van der Waals surface area contributed by atoms with E-state index in [1.165, 1.54) is 5.56 Å². The SMILES string of the molecule is Cc1c[c-]ccc1.[Rb+]. The molecule has 0 amide bonds. The van der Waals surface area contributed by atoms with Crippen LogP contribution in [-0.2, 0) is 0 Å². The maximum Gasteiger partial charge on any atom is 1.00 e. The van der Waals surface area contributed by atoms with Crippen molar-refractivity contribution in [3.8, 4) is 0 Å². The van der Waals surface area contributed by atoms with Crippen molar-refractivity contribution >= 4 is 0 Å². The first-order valence-electron chi connectivity index (χ1n) is 2.32. The average molecular weight is 177 g/mol. The van der Waals surface area contributed by atoms with Gasteiger partial charge in [-0.15, -0.1) is 0 Å². The molecule has 0 saturated carbocycles. The Bertz CT molecular complexity index is 134. The van der Waals surface area contributed by atoms with Crippen LogP contribution in [0, 0.1) is 13.0 Å².